The molecule has 0 radical (unpaired) electrons. The van der Waals surface area contributed by atoms with Gasteiger partial charge in [-0.3, -0.25) is 29.9 Å². The number of imide groups is 1. The van der Waals surface area contributed by atoms with Gasteiger partial charge in [-0.15, -0.1) is 5.10 Å². The van der Waals surface area contributed by atoms with E-state index < -0.39 is 17.8 Å². The van der Waals surface area contributed by atoms with Gasteiger partial charge in [-0.2, -0.15) is 5.12 Å². The molecule has 3 aliphatic heterocycles. The minimum absolute atomic E-state index is 0.0115. The maximum atomic E-state index is 12.8. The Morgan fingerprint density at radius 3 is 2.78 bits per heavy atom. The fourth-order valence-electron chi connectivity index (χ4n) is 4.67. The second kappa shape index (κ2) is 10.3. The van der Waals surface area contributed by atoms with Gasteiger partial charge in [0.25, 0.3) is 5.91 Å². The van der Waals surface area contributed by atoms with E-state index in [0.717, 1.165) is 5.56 Å². The molecule has 0 aromatic heterocycles. The molecule has 3 amide bonds. The lowest BCUT2D eigenvalue weighted by Crippen LogP contribution is -2.40. The molecule has 3 heterocycles. The fraction of sp³-hybridized carbons (Fsp3) is 0.346. The van der Waals surface area contributed by atoms with Gasteiger partial charge in [-0.25, -0.2) is 0 Å². The Labute approximate surface area is 213 Å². The minimum Gasteiger partial charge on any atom is -0.460 e. The molecule has 0 saturated carbocycles. The number of hydrazone groups is 1. The molecule has 0 bridgehead atoms. The smallest absolute Gasteiger partial charge is 0.318 e. The Morgan fingerprint density at radius 2 is 2.03 bits per heavy atom. The van der Waals surface area contributed by atoms with Crippen LogP contribution < -0.4 is 16.1 Å². The Balaban J connectivity index is 1.35. The van der Waals surface area contributed by atoms with Gasteiger partial charge in [-0.1, -0.05) is 43.3 Å². The number of carbonyl (C=O) groups excluding carboxylic acids is 4. The van der Waals surface area contributed by atoms with Crippen molar-refractivity contribution in [2.75, 3.05) is 12.2 Å². The molecule has 37 heavy (non-hydrogen) atoms. The van der Waals surface area contributed by atoms with E-state index in [0.29, 0.717) is 35.2 Å². The van der Waals surface area contributed by atoms with Gasteiger partial charge in [0, 0.05) is 24.1 Å². The summed E-state index contributed by atoms with van der Waals surface area (Å²) in [5.41, 5.74) is 6.46. The predicted octanol–water partition coefficient (Wildman–Crippen LogP) is 2.15. The van der Waals surface area contributed by atoms with Gasteiger partial charge in [0.1, 0.15) is 12.5 Å². The number of carbonyl (C=O) groups is 4. The molecule has 1 saturated heterocycles. The van der Waals surface area contributed by atoms with Crippen molar-refractivity contribution in [3.05, 3.63) is 64.7 Å². The topological polar surface area (TPSA) is 138 Å². The molecule has 11 heteroatoms. The number of hydrogen-bond acceptors (Lipinski definition) is 9. The molecule has 3 aliphatic rings. The number of rotatable bonds is 8. The highest BCUT2D eigenvalue weighted by atomic mass is 16.5. The molecule has 0 spiro atoms. The monoisotopic (exact) mass is 505 g/mol. The number of hydrazine groups is 1. The lowest BCUT2D eigenvalue weighted by atomic mass is 9.87. The summed E-state index contributed by atoms with van der Waals surface area (Å²) >= 11 is 0. The molecule has 2 atom stereocenters. The molecule has 1 fully saturated rings. The lowest BCUT2D eigenvalue weighted by Gasteiger charge is -2.26. The third kappa shape index (κ3) is 4.97. The number of anilines is 1. The van der Waals surface area contributed by atoms with Gasteiger partial charge in [0.05, 0.1) is 11.6 Å². The van der Waals surface area contributed by atoms with Crippen molar-refractivity contribution in [3.63, 3.8) is 0 Å². The summed E-state index contributed by atoms with van der Waals surface area (Å²) in [6, 6.07) is 12.8. The molecular formula is C26H27N5O6. The third-order valence-corrected chi connectivity index (χ3v) is 6.64. The fourth-order valence-corrected chi connectivity index (χ4v) is 4.67. The summed E-state index contributed by atoms with van der Waals surface area (Å²) in [7, 11) is 0. The third-order valence-electron chi connectivity index (χ3n) is 6.64. The van der Waals surface area contributed by atoms with Gasteiger partial charge in [-0.05, 0) is 30.0 Å². The number of nitrogens with one attached hydrogen (secondary N) is 3. The van der Waals surface area contributed by atoms with Gasteiger partial charge >= 0.3 is 5.97 Å². The zero-order valence-corrected chi connectivity index (χ0v) is 20.3. The van der Waals surface area contributed by atoms with Crippen LogP contribution in [0.15, 0.2) is 47.6 Å². The van der Waals surface area contributed by atoms with E-state index in [4.69, 9.17) is 9.47 Å². The second-order valence-corrected chi connectivity index (χ2v) is 9.02. The number of amides is 3. The molecule has 3 N–H and O–H groups in total. The number of ether oxygens (including phenoxy) is 2. The van der Waals surface area contributed by atoms with Crippen LogP contribution in [-0.4, -0.2) is 41.4 Å². The van der Waals surface area contributed by atoms with Crippen molar-refractivity contribution in [1.29, 1.82) is 0 Å². The molecule has 11 nitrogen and oxygen atoms in total. The van der Waals surface area contributed by atoms with E-state index in [1.54, 1.807) is 12.1 Å². The van der Waals surface area contributed by atoms with E-state index in [1.165, 1.54) is 5.12 Å². The molecule has 2 aromatic carbocycles. The van der Waals surface area contributed by atoms with Crippen molar-refractivity contribution >= 4 is 35.3 Å². The Morgan fingerprint density at radius 1 is 1.22 bits per heavy atom. The molecule has 192 valence electrons. The summed E-state index contributed by atoms with van der Waals surface area (Å²) in [5.74, 6) is -2.36. The number of esters is 1. The van der Waals surface area contributed by atoms with Gasteiger partial charge in [0.15, 0.2) is 6.73 Å². The van der Waals surface area contributed by atoms with Crippen LogP contribution in [-0.2, 0) is 37.0 Å². The summed E-state index contributed by atoms with van der Waals surface area (Å²) in [6.45, 7) is 2.29. The predicted molar refractivity (Wildman–Crippen MR) is 132 cm³/mol. The number of fused-ring (bicyclic) bond motifs is 1. The van der Waals surface area contributed by atoms with Crippen LogP contribution in [0.2, 0.25) is 0 Å². The van der Waals surface area contributed by atoms with Crippen LogP contribution in [0.1, 0.15) is 59.2 Å². The normalized spacial score (nSPS) is 19.4. The highest BCUT2D eigenvalue weighted by Crippen LogP contribution is 2.37. The van der Waals surface area contributed by atoms with Crippen molar-refractivity contribution in [2.24, 2.45) is 11.0 Å². The molecule has 2 unspecified atom stereocenters. The summed E-state index contributed by atoms with van der Waals surface area (Å²) < 4.78 is 11.2. The number of benzene rings is 2. The Kier molecular flexibility index (Phi) is 6.76. The van der Waals surface area contributed by atoms with Crippen molar-refractivity contribution in [2.45, 2.75) is 45.3 Å². The van der Waals surface area contributed by atoms with Gasteiger partial charge in [0.2, 0.25) is 17.7 Å². The number of nitrogens with zero attached hydrogens (tertiary/aromatic N) is 2. The van der Waals surface area contributed by atoms with E-state index in [9.17, 15) is 19.2 Å². The standard InChI is InChI=1S/C26H27N5O6/c1-2-16(26(35)36-13-15-6-4-3-5-7-15)25-30-31(14-37-25)29-22-17(18-10-11-21(32)28-24(18)34)8-9-19-20(22)12-27-23(19)33/h3-9,16,18,29H,2,10-14H2,1H3,(H,27,33)(H,28,32,34). The van der Waals surface area contributed by atoms with Crippen molar-refractivity contribution in [1.82, 2.24) is 15.8 Å². The highest BCUT2D eigenvalue weighted by molar-refractivity contribution is 6.04. The zero-order chi connectivity index (χ0) is 25.9. The Hall–Kier alpha value is -4.41. The first-order valence-corrected chi connectivity index (χ1v) is 12.2. The summed E-state index contributed by atoms with van der Waals surface area (Å²) in [4.78, 5) is 49.4. The lowest BCUT2D eigenvalue weighted by molar-refractivity contribution is -0.148. The number of hydrogen-bond donors (Lipinski definition) is 3. The first-order valence-electron chi connectivity index (χ1n) is 12.2. The Bertz CT molecular complexity index is 1280. The molecular weight excluding hydrogens is 478 g/mol. The maximum absolute atomic E-state index is 12.8. The maximum Gasteiger partial charge on any atom is 0.318 e. The van der Waals surface area contributed by atoms with Gasteiger partial charge < -0.3 is 14.8 Å². The quantitative estimate of drug-likeness (QED) is 0.367. The average Bonchev–Trinajstić information content (AvgIpc) is 3.51. The minimum atomic E-state index is -0.685. The molecule has 2 aromatic rings. The second-order valence-electron chi connectivity index (χ2n) is 9.02. The van der Waals surface area contributed by atoms with E-state index in [1.807, 2.05) is 37.3 Å². The van der Waals surface area contributed by atoms with Crippen molar-refractivity contribution in [3.8, 4) is 0 Å². The van der Waals surface area contributed by atoms with E-state index in [-0.39, 0.29) is 49.9 Å². The van der Waals surface area contributed by atoms with Crippen LogP contribution in [0.5, 0.6) is 0 Å². The first-order chi connectivity index (χ1) is 17.9. The first kappa shape index (κ1) is 24.3. The molecule has 5 rings (SSSR count). The summed E-state index contributed by atoms with van der Waals surface area (Å²) in [5, 5.41) is 11.1. The summed E-state index contributed by atoms with van der Waals surface area (Å²) in [6.07, 6.45) is 1.01. The SMILES string of the molecule is CCC(C(=O)OCc1ccccc1)C1=NN(Nc2c(C3CCC(=O)NC3=O)ccc3c2CNC3=O)CO1. The van der Waals surface area contributed by atoms with E-state index >= 15 is 0 Å². The highest BCUT2D eigenvalue weighted by Gasteiger charge is 2.35. The van der Waals surface area contributed by atoms with Crippen molar-refractivity contribution < 1.29 is 28.7 Å². The van der Waals surface area contributed by atoms with Crippen LogP contribution >= 0.6 is 0 Å². The average molecular weight is 506 g/mol. The largest absolute Gasteiger partial charge is 0.460 e. The van der Waals surface area contributed by atoms with Crippen LogP contribution in [0.25, 0.3) is 0 Å². The van der Waals surface area contributed by atoms with Crippen LogP contribution in [0, 0.1) is 5.92 Å². The molecule has 0 aliphatic carbocycles. The van der Waals surface area contributed by atoms with Crippen LogP contribution in [0.4, 0.5) is 5.69 Å². The zero-order valence-electron chi connectivity index (χ0n) is 20.3. The van der Waals surface area contributed by atoms with Crippen LogP contribution in [0.3, 0.4) is 0 Å². The van der Waals surface area contributed by atoms with E-state index in [2.05, 4.69) is 21.2 Å². The number of piperidine rings is 1.